The molecule has 4 aliphatic rings. The maximum atomic E-state index is 13.7. The summed E-state index contributed by atoms with van der Waals surface area (Å²) in [6.07, 6.45) is 25.6. The van der Waals surface area contributed by atoms with E-state index >= 15 is 0 Å². The highest BCUT2D eigenvalue weighted by molar-refractivity contribution is 5.75. The fourth-order valence-corrected chi connectivity index (χ4v) is 11.2. The van der Waals surface area contributed by atoms with E-state index in [1.54, 1.807) is 5.57 Å². The largest absolute Gasteiger partial charge is 0.479 e. The van der Waals surface area contributed by atoms with Crippen LogP contribution < -0.4 is 4.74 Å². The molecule has 5 rings (SSSR count). The van der Waals surface area contributed by atoms with Crippen LogP contribution >= 0.6 is 0 Å². The standard InChI is InChI=1S/C44H70O3/c1-7-8-9-10-11-12-16-22-41(46-35-20-14-13-15-21-35)42(45)47-36-27-29-43(5)34(31-36)23-24-37-39-26-25-38(33(4)19-17-18-32(2)3)44(39,6)30-28-40(37)43/h13-15,20-21,23,32-33,36-41H,7-12,16-19,22,24-31H2,1-6H3/t33-,36?,37?,38-,39?,40?,41?,43+,44-/m1/s1. The van der Waals surface area contributed by atoms with Crippen LogP contribution in [0.1, 0.15) is 164 Å². The van der Waals surface area contributed by atoms with Crippen molar-refractivity contribution in [3.8, 4) is 5.75 Å². The third kappa shape index (κ3) is 8.70. The molecule has 0 radical (unpaired) electrons. The highest BCUT2D eigenvalue weighted by Gasteiger charge is 2.59. The molecule has 1 aromatic rings. The fraction of sp³-hybridized carbons (Fsp3) is 0.795. The molecule has 5 unspecified atom stereocenters. The summed E-state index contributed by atoms with van der Waals surface area (Å²) in [5.74, 6) is 5.70. The van der Waals surface area contributed by atoms with Crippen molar-refractivity contribution in [3.63, 3.8) is 0 Å². The number of para-hydroxylation sites is 1. The molecular formula is C44H70O3. The minimum atomic E-state index is -0.523. The number of allylic oxidation sites excluding steroid dienone is 1. The van der Waals surface area contributed by atoms with Crippen LogP contribution in [-0.2, 0) is 9.53 Å². The Hall–Kier alpha value is -1.77. The van der Waals surface area contributed by atoms with E-state index in [1.165, 1.54) is 83.5 Å². The fourth-order valence-electron chi connectivity index (χ4n) is 11.2. The topological polar surface area (TPSA) is 35.5 Å². The first kappa shape index (κ1) is 36.5. The molecule has 0 aliphatic heterocycles. The third-order valence-corrected chi connectivity index (χ3v) is 13.9. The van der Waals surface area contributed by atoms with Gasteiger partial charge in [0.05, 0.1) is 0 Å². The quantitative estimate of drug-likeness (QED) is 0.0959. The summed E-state index contributed by atoms with van der Waals surface area (Å²) in [6, 6.07) is 9.85. The highest BCUT2D eigenvalue weighted by atomic mass is 16.6. The number of rotatable bonds is 17. The summed E-state index contributed by atoms with van der Waals surface area (Å²) in [5.41, 5.74) is 2.39. The lowest BCUT2D eigenvalue weighted by Crippen LogP contribution is -2.51. The van der Waals surface area contributed by atoms with Gasteiger partial charge in [-0.2, -0.15) is 0 Å². The second-order valence-corrected chi connectivity index (χ2v) is 17.4. The minimum Gasteiger partial charge on any atom is -0.479 e. The van der Waals surface area contributed by atoms with Crippen molar-refractivity contribution in [2.75, 3.05) is 0 Å². The molecule has 0 heterocycles. The van der Waals surface area contributed by atoms with Gasteiger partial charge in [-0.25, -0.2) is 4.79 Å². The number of ether oxygens (including phenoxy) is 2. The monoisotopic (exact) mass is 647 g/mol. The molecule has 47 heavy (non-hydrogen) atoms. The Morgan fingerprint density at radius 3 is 2.32 bits per heavy atom. The van der Waals surface area contributed by atoms with Crippen molar-refractivity contribution in [1.29, 1.82) is 0 Å². The zero-order valence-electron chi connectivity index (χ0n) is 31.2. The van der Waals surface area contributed by atoms with E-state index in [0.29, 0.717) is 5.41 Å². The van der Waals surface area contributed by atoms with E-state index in [2.05, 4.69) is 47.6 Å². The summed E-state index contributed by atoms with van der Waals surface area (Å²) in [6.45, 7) is 14.9. The van der Waals surface area contributed by atoms with Crippen LogP contribution in [0.3, 0.4) is 0 Å². The highest BCUT2D eigenvalue weighted by Crippen LogP contribution is 2.67. The molecule has 3 saturated carbocycles. The van der Waals surface area contributed by atoms with Gasteiger partial charge in [-0.3, -0.25) is 0 Å². The average Bonchev–Trinajstić information content (AvgIpc) is 3.41. The number of hydrogen-bond acceptors (Lipinski definition) is 3. The number of benzene rings is 1. The number of carbonyl (C=O) groups excluding carboxylic acids is 1. The van der Waals surface area contributed by atoms with Crippen LogP contribution in [-0.4, -0.2) is 18.2 Å². The van der Waals surface area contributed by atoms with Gasteiger partial charge in [-0.1, -0.05) is 129 Å². The molecule has 0 bridgehead atoms. The molecule has 9 atom stereocenters. The molecule has 0 amide bonds. The second-order valence-electron chi connectivity index (χ2n) is 17.4. The van der Waals surface area contributed by atoms with Crippen LogP contribution in [0.4, 0.5) is 0 Å². The molecular weight excluding hydrogens is 576 g/mol. The van der Waals surface area contributed by atoms with Crippen molar-refractivity contribution in [2.45, 2.75) is 176 Å². The Labute approximate surface area is 289 Å². The lowest BCUT2D eigenvalue weighted by molar-refractivity contribution is -0.160. The molecule has 3 heteroatoms. The first-order chi connectivity index (χ1) is 22.7. The number of fused-ring (bicyclic) bond motifs is 5. The van der Waals surface area contributed by atoms with Crippen LogP contribution in [0.15, 0.2) is 42.0 Å². The van der Waals surface area contributed by atoms with Crippen molar-refractivity contribution < 1.29 is 14.3 Å². The van der Waals surface area contributed by atoms with Gasteiger partial charge in [0, 0.05) is 6.42 Å². The SMILES string of the molecule is CCCCCCCCCC(Oc1ccccc1)C(=O)OC1CC[C@@]2(C)C(=CCC3C2CC[C@@]2(C)C3CC[C@@H]2[C@H](C)CCCC(C)C)C1. The predicted octanol–water partition coefficient (Wildman–Crippen LogP) is 12.5. The van der Waals surface area contributed by atoms with E-state index in [1.807, 2.05) is 30.3 Å². The van der Waals surface area contributed by atoms with Crippen molar-refractivity contribution in [3.05, 3.63) is 42.0 Å². The summed E-state index contributed by atoms with van der Waals surface area (Å²) in [4.78, 5) is 13.7. The summed E-state index contributed by atoms with van der Waals surface area (Å²) in [5, 5.41) is 0. The first-order valence-electron chi connectivity index (χ1n) is 20.3. The molecule has 3 nitrogen and oxygen atoms in total. The Bertz CT molecular complexity index is 1140. The van der Waals surface area contributed by atoms with Crippen LogP contribution in [0, 0.1) is 46.3 Å². The van der Waals surface area contributed by atoms with E-state index in [0.717, 1.165) is 79.8 Å². The second kappa shape index (κ2) is 16.8. The maximum absolute atomic E-state index is 13.7. The van der Waals surface area contributed by atoms with E-state index < -0.39 is 6.10 Å². The van der Waals surface area contributed by atoms with Gasteiger partial charge < -0.3 is 9.47 Å². The Morgan fingerprint density at radius 2 is 1.57 bits per heavy atom. The van der Waals surface area contributed by atoms with Crippen molar-refractivity contribution in [2.24, 2.45) is 46.3 Å². The Morgan fingerprint density at radius 1 is 0.830 bits per heavy atom. The molecule has 0 N–H and O–H groups in total. The summed E-state index contributed by atoms with van der Waals surface area (Å²) < 4.78 is 12.6. The van der Waals surface area contributed by atoms with Crippen molar-refractivity contribution >= 4 is 5.97 Å². The molecule has 264 valence electrons. The summed E-state index contributed by atoms with van der Waals surface area (Å²) in [7, 11) is 0. The van der Waals surface area contributed by atoms with E-state index in [4.69, 9.17) is 9.47 Å². The minimum absolute atomic E-state index is 0.0225. The molecule has 0 saturated heterocycles. The van der Waals surface area contributed by atoms with Gasteiger partial charge in [-0.15, -0.1) is 0 Å². The normalized spacial score (nSPS) is 32.9. The van der Waals surface area contributed by atoms with Crippen LogP contribution in [0.25, 0.3) is 0 Å². The van der Waals surface area contributed by atoms with Crippen molar-refractivity contribution in [1.82, 2.24) is 0 Å². The average molecular weight is 647 g/mol. The first-order valence-corrected chi connectivity index (χ1v) is 20.3. The van der Waals surface area contributed by atoms with Crippen LogP contribution in [0.2, 0.25) is 0 Å². The predicted molar refractivity (Wildman–Crippen MR) is 196 cm³/mol. The van der Waals surface area contributed by atoms with Gasteiger partial charge in [0.1, 0.15) is 11.9 Å². The third-order valence-electron chi connectivity index (χ3n) is 13.9. The van der Waals surface area contributed by atoms with E-state index in [9.17, 15) is 4.79 Å². The Balaban J connectivity index is 1.18. The summed E-state index contributed by atoms with van der Waals surface area (Å²) >= 11 is 0. The van der Waals surface area contributed by atoms with Gasteiger partial charge in [0.15, 0.2) is 6.10 Å². The zero-order chi connectivity index (χ0) is 33.4. The number of carbonyl (C=O) groups is 1. The van der Waals surface area contributed by atoms with Gasteiger partial charge >= 0.3 is 5.97 Å². The van der Waals surface area contributed by atoms with Gasteiger partial charge in [0.2, 0.25) is 0 Å². The van der Waals surface area contributed by atoms with Gasteiger partial charge in [-0.05, 0) is 116 Å². The Kier molecular flexibility index (Phi) is 13.0. The molecule has 0 aromatic heterocycles. The molecule has 1 aromatic carbocycles. The smallest absolute Gasteiger partial charge is 0.347 e. The van der Waals surface area contributed by atoms with E-state index in [-0.39, 0.29) is 17.5 Å². The zero-order valence-corrected chi connectivity index (χ0v) is 31.2. The molecule has 0 spiro atoms. The number of hydrogen-bond donors (Lipinski definition) is 0. The van der Waals surface area contributed by atoms with Crippen LogP contribution in [0.5, 0.6) is 5.75 Å². The lowest BCUT2D eigenvalue weighted by atomic mass is 9.47. The van der Waals surface area contributed by atoms with Gasteiger partial charge in [0.25, 0.3) is 0 Å². The number of unbranched alkanes of at least 4 members (excludes halogenated alkanes) is 6. The molecule has 4 aliphatic carbocycles. The lowest BCUT2D eigenvalue weighted by Gasteiger charge is -2.58. The molecule has 3 fully saturated rings. The maximum Gasteiger partial charge on any atom is 0.347 e. The number of esters is 1.